The molecule has 20 heavy (non-hydrogen) atoms. The van der Waals surface area contributed by atoms with E-state index >= 15 is 0 Å². The number of benzene rings is 1. The summed E-state index contributed by atoms with van der Waals surface area (Å²) in [5.74, 6) is 0.502. The van der Waals surface area contributed by atoms with Gasteiger partial charge in [-0.15, -0.1) is 0 Å². The number of nitrogens with two attached hydrogens (primary N) is 1. The first-order chi connectivity index (χ1) is 9.64. The van der Waals surface area contributed by atoms with Crippen molar-refractivity contribution in [3.8, 4) is 5.75 Å². The zero-order valence-electron chi connectivity index (χ0n) is 11.4. The average Bonchev–Trinajstić information content (AvgIpc) is 2.46. The van der Waals surface area contributed by atoms with E-state index < -0.39 is 5.54 Å². The van der Waals surface area contributed by atoms with Crippen LogP contribution in [0.3, 0.4) is 0 Å². The normalized spacial score (nSPS) is 17.2. The Hall–Kier alpha value is -1.85. The van der Waals surface area contributed by atoms with Gasteiger partial charge in [-0.1, -0.05) is 18.7 Å². The molecular formula is C15H20N2O3. The van der Waals surface area contributed by atoms with Gasteiger partial charge in [-0.25, -0.2) is 0 Å². The lowest BCUT2D eigenvalue weighted by atomic mass is 9.90. The molecule has 5 nitrogen and oxygen atoms in total. The van der Waals surface area contributed by atoms with E-state index in [2.05, 4.69) is 11.9 Å². The summed E-state index contributed by atoms with van der Waals surface area (Å²) >= 11 is 0. The molecule has 0 unspecified atom stereocenters. The van der Waals surface area contributed by atoms with Gasteiger partial charge in [-0.3, -0.25) is 4.79 Å². The second kappa shape index (κ2) is 6.54. The van der Waals surface area contributed by atoms with Gasteiger partial charge in [0.2, 0.25) is 5.91 Å². The summed E-state index contributed by atoms with van der Waals surface area (Å²) in [5, 5.41) is 2.84. The molecule has 1 saturated heterocycles. The predicted octanol–water partition coefficient (Wildman–Crippen LogP) is 1.70. The van der Waals surface area contributed by atoms with E-state index in [1.165, 1.54) is 0 Å². The fourth-order valence-corrected chi connectivity index (χ4v) is 2.04. The number of hydrogen-bond acceptors (Lipinski definition) is 4. The Labute approximate surface area is 118 Å². The Morgan fingerprint density at radius 2 is 2.25 bits per heavy atom. The maximum Gasteiger partial charge on any atom is 0.244 e. The molecule has 108 valence electrons. The molecule has 1 fully saturated rings. The van der Waals surface area contributed by atoms with Gasteiger partial charge in [-0.2, -0.15) is 0 Å². The van der Waals surface area contributed by atoms with Crippen LogP contribution in [0.4, 0.5) is 5.69 Å². The molecule has 0 saturated carbocycles. The van der Waals surface area contributed by atoms with Crippen molar-refractivity contribution in [2.75, 3.05) is 25.1 Å². The van der Waals surface area contributed by atoms with Gasteiger partial charge >= 0.3 is 0 Å². The first kappa shape index (κ1) is 14.6. The lowest BCUT2D eigenvalue weighted by Gasteiger charge is -2.31. The quantitative estimate of drug-likeness (QED) is 0.803. The Morgan fingerprint density at radius 1 is 1.50 bits per heavy atom. The molecule has 0 radical (unpaired) electrons. The highest BCUT2D eigenvalue weighted by Crippen LogP contribution is 2.22. The lowest BCUT2D eigenvalue weighted by molar-refractivity contribution is -0.124. The fourth-order valence-electron chi connectivity index (χ4n) is 2.04. The number of hydrogen-bond donors (Lipinski definition) is 2. The molecule has 0 bridgehead atoms. The molecule has 1 amide bonds. The second-order valence-corrected chi connectivity index (χ2v) is 4.85. The number of amides is 1. The molecule has 1 aromatic rings. The van der Waals surface area contributed by atoms with E-state index in [-0.39, 0.29) is 5.91 Å². The van der Waals surface area contributed by atoms with Crippen LogP contribution in [0, 0.1) is 0 Å². The van der Waals surface area contributed by atoms with Crippen molar-refractivity contribution in [1.29, 1.82) is 0 Å². The Bertz CT molecular complexity index is 482. The highest BCUT2D eigenvalue weighted by molar-refractivity contribution is 5.98. The standard InChI is InChI=1S/C15H20N2O3/c1-2-8-20-13-5-3-4-12(11-13)17-14(18)15(16)6-9-19-10-7-15/h2-5,11H,1,6-10,16H2,(H,17,18). The topological polar surface area (TPSA) is 73.6 Å². The van der Waals surface area contributed by atoms with E-state index in [9.17, 15) is 4.79 Å². The van der Waals surface area contributed by atoms with Crippen LogP contribution in [-0.4, -0.2) is 31.3 Å². The van der Waals surface area contributed by atoms with Gasteiger partial charge in [-0.05, 0) is 25.0 Å². The number of ether oxygens (including phenoxy) is 2. The van der Waals surface area contributed by atoms with E-state index in [1.54, 1.807) is 18.2 Å². The van der Waals surface area contributed by atoms with E-state index in [1.807, 2.05) is 12.1 Å². The van der Waals surface area contributed by atoms with Crippen LogP contribution in [-0.2, 0) is 9.53 Å². The molecule has 1 heterocycles. The number of carbonyl (C=O) groups is 1. The van der Waals surface area contributed by atoms with Crippen LogP contribution >= 0.6 is 0 Å². The minimum absolute atomic E-state index is 0.179. The fraction of sp³-hybridized carbons (Fsp3) is 0.400. The molecule has 1 aliphatic heterocycles. The highest BCUT2D eigenvalue weighted by Gasteiger charge is 2.35. The summed E-state index contributed by atoms with van der Waals surface area (Å²) in [6.45, 7) is 5.06. The van der Waals surface area contributed by atoms with Gasteiger partial charge < -0.3 is 20.5 Å². The van der Waals surface area contributed by atoms with Crippen molar-refractivity contribution in [1.82, 2.24) is 0 Å². The van der Waals surface area contributed by atoms with Crippen molar-refractivity contribution in [3.63, 3.8) is 0 Å². The number of nitrogens with one attached hydrogen (secondary N) is 1. The molecule has 5 heteroatoms. The third kappa shape index (κ3) is 3.59. The number of carbonyl (C=O) groups excluding carboxylic acids is 1. The smallest absolute Gasteiger partial charge is 0.244 e. The predicted molar refractivity (Wildman–Crippen MR) is 77.7 cm³/mol. The highest BCUT2D eigenvalue weighted by atomic mass is 16.5. The van der Waals surface area contributed by atoms with E-state index in [0.29, 0.717) is 44.1 Å². The maximum absolute atomic E-state index is 12.3. The molecule has 0 aromatic heterocycles. The average molecular weight is 276 g/mol. The van der Waals surface area contributed by atoms with Crippen molar-refractivity contribution >= 4 is 11.6 Å². The van der Waals surface area contributed by atoms with Crippen LogP contribution in [0.2, 0.25) is 0 Å². The number of rotatable bonds is 5. The van der Waals surface area contributed by atoms with Crippen LogP contribution in [0.5, 0.6) is 5.75 Å². The summed E-state index contributed by atoms with van der Waals surface area (Å²) in [4.78, 5) is 12.3. The summed E-state index contributed by atoms with van der Waals surface area (Å²) in [6.07, 6.45) is 2.74. The minimum atomic E-state index is -0.851. The molecule has 0 spiro atoms. The van der Waals surface area contributed by atoms with Crippen molar-refractivity contribution in [2.45, 2.75) is 18.4 Å². The first-order valence-electron chi connectivity index (χ1n) is 6.66. The zero-order valence-corrected chi connectivity index (χ0v) is 11.4. The van der Waals surface area contributed by atoms with Crippen LogP contribution in [0.1, 0.15) is 12.8 Å². The van der Waals surface area contributed by atoms with Crippen LogP contribution < -0.4 is 15.8 Å². The van der Waals surface area contributed by atoms with Crippen molar-refractivity contribution in [2.24, 2.45) is 5.73 Å². The molecule has 2 rings (SSSR count). The molecular weight excluding hydrogens is 256 g/mol. The van der Waals surface area contributed by atoms with Crippen LogP contribution in [0.25, 0.3) is 0 Å². The molecule has 3 N–H and O–H groups in total. The molecule has 0 aliphatic carbocycles. The third-order valence-electron chi connectivity index (χ3n) is 3.30. The number of anilines is 1. The van der Waals surface area contributed by atoms with E-state index in [4.69, 9.17) is 15.2 Å². The maximum atomic E-state index is 12.3. The van der Waals surface area contributed by atoms with Gasteiger partial charge in [0.05, 0.1) is 0 Å². The SMILES string of the molecule is C=CCOc1cccc(NC(=O)C2(N)CCOCC2)c1. The van der Waals surface area contributed by atoms with Gasteiger partial charge in [0.15, 0.2) is 0 Å². The van der Waals surface area contributed by atoms with Crippen molar-refractivity contribution < 1.29 is 14.3 Å². The summed E-state index contributed by atoms with van der Waals surface area (Å²) in [7, 11) is 0. The Kier molecular flexibility index (Phi) is 4.76. The lowest BCUT2D eigenvalue weighted by Crippen LogP contribution is -2.54. The Morgan fingerprint density at radius 3 is 2.95 bits per heavy atom. The third-order valence-corrected chi connectivity index (χ3v) is 3.30. The summed E-state index contributed by atoms with van der Waals surface area (Å²) in [5.41, 5.74) is 5.96. The first-order valence-corrected chi connectivity index (χ1v) is 6.66. The zero-order chi connectivity index (χ0) is 14.4. The summed E-state index contributed by atoms with van der Waals surface area (Å²) < 4.78 is 10.7. The molecule has 1 aliphatic rings. The van der Waals surface area contributed by atoms with E-state index in [0.717, 1.165) is 0 Å². The van der Waals surface area contributed by atoms with Gasteiger partial charge in [0.25, 0.3) is 0 Å². The second-order valence-electron chi connectivity index (χ2n) is 4.85. The van der Waals surface area contributed by atoms with Crippen molar-refractivity contribution in [3.05, 3.63) is 36.9 Å². The monoisotopic (exact) mass is 276 g/mol. The molecule has 0 atom stereocenters. The minimum Gasteiger partial charge on any atom is -0.489 e. The largest absolute Gasteiger partial charge is 0.489 e. The van der Waals surface area contributed by atoms with Gasteiger partial charge in [0.1, 0.15) is 17.9 Å². The molecule has 1 aromatic carbocycles. The van der Waals surface area contributed by atoms with Gasteiger partial charge in [0, 0.05) is 25.0 Å². The Balaban J connectivity index is 2.01. The summed E-state index contributed by atoms with van der Waals surface area (Å²) in [6, 6.07) is 7.22. The van der Waals surface area contributed by atoms with Crippen LogP contribution in [0.15, 0.2) is 36.9 Å².